The van der Waals surface area contributed by atoms with E-state index in [1.165, 1.54) is 6.07 Å². The fourth-order valence-corrected chi connectivity index (χ4v) is 4.78. The Morgan fingerprint density at radius 3 is 2.81 bits per heavy atom. The number of fused-ring (bicyclic) bond motifs is 4. The fourth-order valence-electron chi connectivity index (χ4n) is 4.78. The van der Waals surface area contributed by atoms with E-state index >= 15 is 4.39 Å². The predicted molar refractivity (Wildman–Crippen MR) is 117 cm³/mol. The smallest absolute Gasteiger partial charge is 0.340 e. The number of aromatic nitrogens is 1. The molecule has 2 aliphatic rings. The molecule has 160 valence electrons. The summed E-state index contributed by atoms with van der Waals surface area (Å²) < 4.78 is 34.4. The van der Waals surface area contributed by atoms with Gasteiger partial charge in [-0.25, -0.2) is 9.18 Å². The lowest BCUT2D eigenvalue weighted by molar-refractivity contribution is -0.632. The Bertz CT molecular complexity index is 1440. The van der Waals surface area contributed by atoms with Crippen LogP contribution < -0.4 is 9.30 Å². The first kappa shape index (κ1) is 19.2. The third-order valence-electron chi connectivity index (χ3n) is 6.27. The second kappa shape index (κ2) is 7.00. The lowest BCUT2D eigenvalue weighted by Gasteiger charge is -2.21. The summed E-state index contributed by atoms with van der Waals surface area (Å²) in [6.07, 6.45) is 0.934. The van der Waals surface area contributed by atoms with Gasteiger partial charge in [-0.05, 0) is 37.6 Å². The van der Waals surface area contributed by atoms with E-state index in [4.69, 9.17) is 14.2 Å². The molecule has 5 nitrogen and oxygen atoms in total. The zero-order valence-corrected chi connectivity index (χ0v) is 17.8. The summed E-state index contributed by atoms with van der Waals surface area (Å²) in [5.74, 6) is 0.378. The molecule has 1 atom stereocenters. The molecule has 4 aromatic rings. The summed E-state index contributed by atoms with van der Waals surface area (Å²) in [6.45, 7) is 2.59. The highest BCUT2D eigenvalue weighted by Crippen LogP contribution is 2.46. The molecule has 32 heavy (non-hydrogen) atoms. The molecule has 3 heterocycles. The number of hydrogen-bond acceptors (Lipinski definition) is 4. The first-order valence-electron chi connectivity index (χ1n) is 10.7. The van der Waals surface area contributed by atoms with Gasteiger partial charge in [-0.15, -0.1) is 0 Å². The fraction of sp³-hybridized carbons (Fsp3) is 0.231. The Hall–Kier alpha value is -3.51. The van der Waals surface area contributed by atoms with Gasteiger partial charge in [0.05, 0.1) is 28.5 Å². The van der Waals surface area contributed by atoms with Crippen molar-refractivity contribution in [1.82, 2.24) is 0 Å². The number of benzene rings is 3. The highest BCUT2D eigenvalue weighted by atomic mass is 19.1. The molecule has 0 aliphatic carbocycles. The van der Waals surface area contributed by atoms with E-state index in [-0.39, 0.29) is 5.56 Å². The zero-order chi connectivity index (χ0) is 22.0. The second-order valence-electron chi connectivity index (χ2n) is 8.39. The van der Waals surface area contributed by atoms with E-state index in [9.17, 15) is 4.79 Å². The molecular weight excluding hydrogens is 409 g/mol. The minimum atomic E-state index is -0.584. The van der Waals surface area contributed by atoms with Crippen LogP contribution in [0.4, 0.5) is 4.39 Å². The number of pyridine rings is 1. The largest absolute Gasteiger partial charge is 0.456 e. The first-order valence-corrected chi connectivity index (χ1v) is 10.7. The predicted octanol–water partition coefficient (Wildman–Crippen LogP) is 5.33. The van der Waals surface area contributed by atoms with Crippen LogP contribution in [0.3, 0.4) is 0 Å². The first-order chi connectivity index (χ1) is 15.5. The van der Waals surface area contributed by atoms with Crippen LogP contribution in [-0.2, 0) is 16.5 Å². The molecule has 1 fully saturated rings. The number of aryl methyl sites for hydroxylation is 2. The van der Waals surface area contributed by atoms with Gasteiger partial charge in [0, 0.05) is 17.9 Å². The molecule has 6 rings (SSSR count). The third kappa shape index (κ3) is 2.79. The monoisotopic (exact) mass is 430 g/mol. The molecule has 0 bridgehead atoms. The van der Waals surface area contributed by atoms with E-state index in [2.05, 4.69) is 6.07 Å². The molecule has 1 saturated heterocycles. The Morgan fingerprint density at radius 2 is 2.00 bits per heavy atom. The van der Waals surface area contributed by atoms with E-state index < -0.39 is 18.1 Å². The average Bonchev–Trinajstić information content (AvgIpc) is 3.29. The minimum absolute atomic E-state index is 0.167. The van der Waals surface area contributed by atoms with Gasteiger partial charge in [-0.3, -0.25) is 0 Å². The van der Waals surface area contributed by atoms with Crippen molar-refractivity contribution in [2.45, 2.75) is 26.1 Å². The molecule has 2 aliphatic heterocycles. The van der Waals surface area contributed by atoms with Gasteiger partial charge in [0.2, 0.25) is 17.5 Å². The molecule has 0 saturated carbocycles. The van der Waals surface area contributed by atoms with Gasteiger partial charge < -0.3 is 14.2 Å². The number of carbonyl (C=O) groups is 1. The Labute approximate surface area is 183 Å². The van der Waals surface area contributed by atoms with Crippen molar-refractivity contribution >= 4 is 27.6 Å². The number of esters is 1. The highest BCUT2D eigenvalue weighted by molar-refractivity contribution is 6.13. The van der Waals surface area contributed by atoms with Gasteiger partial charge in [0.25, 0.3) is 0 Å². The van der Waals surface area contributed by atoms with E-state index in [0.717, 1.165) is 39.8 Å². The summed E-state index contributed by atoms with van der Waals surface area (Å²) in [6, 6.07) is 14.6. The minimum Gasteiger partial charge on any atom is -0.456 e. The van der Waals surface area contributed by atoms with Crippen molar-refractivity contribution in [3.05, 3.63) is 65.5 Å². The maximum atomic E-state index is 15.5. The van der Waals surface area contributed by atoms with Crippen molar-refractivity contribution < 1.29 is 28.0 Å². The molecular formula is C26H21FNO4+. The SMILES string of the molecule is Cc1ccc2c(c1)-c1c3c(cccc3c3c(F)cc(C(=O)OC4CCCO4)cc3[n+]1C)O2. The Morgan fingerprint density at radius 1 is 1.12 bits per heavy atom. The Kier molecular flexibility index (Phi) is 4.20. The van der Waals surface area contributed by atoms with Crippen molar-refractivity contribution in [2.75, 3.05) is 6.61 Å². The topological polar surface area (TPSA) is 48.6 Å². The normalized spacial score (nSPS) is 16.8. The second-order valence-corrected chi connectivity index (χ2v) is 8.39. The molecule has 0 spiro atoms. The van der Waals surface area contributed by atoms with Gasteiger partial charge >= 0.3 is 5.97 Å². The lowest BCUT2D eigenvalue weighted by Crippen LogP contribution is -2.34. The average molecular weight is 430 g/mol. The van der Waals surface area contributed by atoms with Crippen LogP contribution in [-0.4, -0.2) is 18.9 Å². The van der Waals surface area contributed by atoms with Crippen LogP contribution in [0.25, 0.3) is 32.9 Å². The molecule has 6 heteroatoms. The quantitative estimate of drug-likeness (QED) is 0.216. The van der Waals surface area contributed by atoms with E-state index in [1.807, 2.05) is 48.9 Å². The summed E-state index contributed by atoms with van der Waals surface area (Å²) >= 11 is 0. The standard InChI is InChI=1S/C26H21FNO4/c1-14-8-9-20-17(11-14)25-24-16(5-3-6-21(24)31-20)23-18(27)12-15(13-19(23)28(25)2)26(29)32-22-7-4-10-30-22/h3,5-6,8-9,11-13,22H,4,7,10H2,1-2H3/q+1. The molecule has 0 radical (unpaired) electrons. The van der Waals surface area contributed by atoms with Crippen LogP contribution in [0.2, 0.25) is 0 Å². The van der Waals surface area contributed by atoms with Crippen LogP contribution >= 0.6 is 0 Å². The Balaban J connectivity index is 1.63. The summed E-state index contributed by atoms with van der Waals surface area (Å²) in [5, 5.41) is 2.05. The lowest BCUT2D eigenvalue weighted by atomic mass is 9.94. The number of hydrogen-bond donors (Lipinski definition) is 0. The molecule has 3 aromatic carbocycles. The molecule has 1 unspecified atom stereocenters. The molecule has 0 amide bonds. The maximum absolute atomic E-state index is 15.5. The summed E-state index contributed by atoms with van der Waals surface area (Å²) in [7, 11) is 1.89. The number of nitrogens with zero attached hydrogens (tertiary/aromatic N) is 1. The number of rotatable bonds is 2. The van der Waals surface area contributed by atoms with Gasteiger partial charge in [-0.1, -0.05) is 23.8 Å². The number of carbonyl (C=O) groups excluding carboxylic acids is 1. The maximum Gasteiger partial charge on any atom is 0.340 e. The molecule has 1 aromatic heterocycles. The van der Waals surface area contributed by atoms with Crippen molar-refractivity contribution in [1.29, 1.82) is 0 Å². The van der Waals surface area contributed by atoms with Crippen molar-refractivity contribution in [2.24, 2.45) is 7.05 Å². The molecule has 0 N–H and O–H groups in total. The van der Waals surface area contributed by atoms with Crippen LogP contribution in [0.15, 0.2) is 48.5 Å². The van der Waals surface area contributed by atoms with Crippen molar-refractivity contribution in [3.63, 3.8) is 0 Å². The van der Waals surface area contributed by atoms with Gasteiger partial charge in [0.1, 0.15) is 24.4 Å². The van der Waals surface area contributed by atoms with Gasteiger partial charge in [-0.2, -0.15) is 4.57 Å². The summed E-state index contributed by atoms with van der Waals surface area (Å²) in [5.41, 5.74) is 3.74. The highest BCUT2D eigenvalue weighted by Gasteiger charge is 2.32. The number of ether oxygens (including phenoxy) is 3. The third-order valence-corrected chi connectivity index (χ3v) is 6.27. The van der Waals surface area contributed by atoms with E-state index in [1.54, 1.807) is 6.07 Å². The van der Waals surface area contributed by atoms with Crippen LogP contribution in [0.5, 0.6) is 11.5 Å². The van der Waals surface area contributed by atoms with E-state index in [0.29, 0.717) is 29.7 Å². The van der Waals surface area contributed by atoms with Crippen LogP contribution in [0, 0.1) is 12.7 Å². The van der Waals surface area contributed by atoms with Crippen LogP contribution in [0.1, 0.15) is 28.8 Å². The number of halogens is 1. The summed E-state index contributed by atoms with van der Waals surface area (Å²) in [4.78, 5) is 12.7. The van der Waals surface area contributed by atoms with Crippen molar-refractivity contribution in [3.8, 4) is 22.8 Å². The zero-order valence-electron chi connectivity index (χ0n) is 17.8. The van der Waals surface area contributed by atoms with Gasteiger partial charge in [0.15, 0.2) is 0 Å².